The van der Waals surface area contributed by atoms with E-state index in [4.69, 9.17) is 9.72 Å². The Morgan fingerprint density at radius 3 is 2.61 bits per heavy atom. The van der Waals surface area contributed by atoms with E-state index in [0.717, 1.165) is 36.0 Å². The molecule has 0 spiro atoms. The van der Waals surface area contributed by atoms with Crippen LogP contribution in [0.1, 0.15) is 45.3 Å². The lowest BCUT2D eigenvalue weighted by Gasteiger charge is -2.24. The smallest absolute Gasteiger partial charge is 0.387 e. The molecule has 0 saturated carbocycles. The third-order valence-corrected chi connectivity index (χ3v) is 5.45. The first-order chi connectivity index (χ1) is 14.9. The summed E-state index contributed by atoms with van der Waals surface area (Å²) in [5, 5.41) is 0.710. The van der Waals surface area contributed by atoms with Crippen molar-refractivity contribution in [2.24, 2.45) is 5.92 Å². The van der Waals surface area contributed by atoms with Crippen molar-refractivity contribution in [3.8, 4) is 5.75 Å². The number of aromatic nitrogens is 1. The van der Waals surface area contributed by atoms with Gasteiger partial charge in [-0.25, -0.2) is 4.79 Å². The summed E-state index contributed by atoms with van der Waals surface area (Å²) in [4.78, 5) is 30.2. The van der Waals surface area contributed by atoms with Crippen molar-refractivity contribution in [2.75, 3.05) is 6.61 Å². The second-order valence-corrected chi connectivity index (χ2v) is 7.68. The normalized spacial score (nSPS) is 15.5. The fraction of sp³-hybridized carbons (Fsp3) is 0.292. The number of aryl methyl sites for hydroxylation is 1. The van der Waals surface area contributed by atoms with Crippen molar-refractivity contribution >= 4 is 22.7 Å². The molecule has 7 heteroatoms. The number of carbonyl (C=O) groups excluding carboxylic acids is 2. The van der Waals surface area contributed by atoms with E-state index in [-0.39, 0.29) is 11.3 Å². The van der Waals surface area contributed by atoms with E-state index in [9.17, 15) is 18.4 Å². The third kappa shape index (κ3) is 4.55. The molecule has 0 bridgehead atoms. The van der Waals surface area contributed by atoms with E-state index in [1.165, 1.54) is 24.3 Å². The molecule has 0 fully saturated rings. The Kier molecular flexibility index (Phi) is 5.93. The number of ketones is 1. The van der Waals surface area contributed by atoms with Gasteiger partial charge >= 0.3 is 12.6 Å². The second-order valence-electron chi connectivity index (χ2n) is 7.68. The van der Waals surface area contributed by atoms with Crippen molar-refractivity contribution in [3.05, 3.63) is 70.9 Å². The average molecular weight is 425 g/mol. The molecule has 1 aromatic heterocycles. The zero-order valence-corrected chi connectivity index (χ0v) is 16.9. The number of pyridine rings is 1. The van der Waals surface area contributed by atoms with Gasteiger partial charge in [0.1, 0.15) is 5.75 Å². The highest BCUT2D eigenvalue weighted by atomic mass is 19.3. The van der Waals surface area contributed by atoms with Crippen molar-refractivity contribution in [1.82, 2.24) is 4.98 Å². The number of hydrogen-bond donors (Lipinski definition) is 0. The van der Waals surface area contributed by atoms with Crippen LogP contribution in [0.4, 0.5) is 8.78 Å². The second kappa shape index (κ2) is 8.79. The summed E-state index contributed by atoms with van der Waals surface area (Å²) < 4.78 is 34.2. The summed E-state index contributed by atoms with van der Waals surface area (Å²) in [5.74, 6) is -0.613. The summed E-state index contributed by atoms with van der Waals surface area (Å²) in [6.45, 7) is -1.25. The van der Waals surface area contributed by atoms with Gasteiger partial charge in [0.15, 0.2) is 12.4 Å². The number of carbonyl (C=O) groups is 2. The third-order valence-electron chi connectivity index (χ3n) is 5.45. The number of nitrogens with zero attached hydrogens (tertiary/aromatic N) is 1. The Labute approximate surface area is 178 Å². The van der Waals surface area contributed by atoms with Gasteiger partial charge < -0.3 is 9.47 Å². The van der Waals surface area contributed by atoms with Crippen LogP contribution in [-0.2, 0) is 17.6 Å². The monoisotopic (exact) mass is 425 g/mol. The van der Waals surface area contributed by atoms with Gasteiger partial charge in [-0.15, -0.1) is 0 Å². The van der Waals surface area contributed by atoms with Crippen LogP contribution in [0, 0.1) is 5.92 Å². The molecule has 2 aromatic carbocycles. The Balaban J connectivity index is 1.55. The predicted molar refractivity (Wildman–Crippen MR) is 111 cm³/mol. The number of rotatable bonds is 6. The number of alkyl halides is 2. The maximum absolute atomic E-state index is 13.0. The van der Waals surface area contributed by atoms with Gasteiger partial charge in [-0.1, -0.05) is 25.1 Å². The predicted octanol–water partition coefficient (Wildman–Crippen LogP) is 5.00. The topological polar surface area (TPSA) is 65.5 Å². The minimum atomic E-state index is -2.94. The van der Waals surface area contributed by atoms with Gasteiger partial charge in [-0.2, -0.15) is 8.78 Å². The summed E-state index contributed by atoms with van der Waals surface area (Å²) in [6, 6.07) is 12.7. The van der Waals surface area contributed by atoms with Crippen LogP contribution >= 0.6 is 0 Å². The van der Waals surface area contributed by atoms with Crippen LogP contribution in [-0.4, -0.2) is 30.0 Å². The molecule has 160 valence electrons. The number of hydrogen-bond acceptors (Lipinski definition) is 5. The summed E-state index contributed by atoms with van der Waals surface area (Å²) in [6.07, 6.45) is 2.54. The van der Waals surface area contributed by atoms with Crippen molar-refractivity contribution in [2.45, 2.75) is 32.8 Å². The minimum Gasteiger partial charge on any atom is -0.454 e. The van der Waals surface area contributed by atoms with E-state index in [2.05, 4.69) is 11.7 Å². The molecule has 0 saturated heterocycles. The first-order valence-corrected chi connectivity index (χ1v) is 10.1. The van der Waals surface area contributed by atoms with Crippen molar-refractivity contribution in [3.63, 3.8) is 0 Å². The highest BCUT2D eigenvalue weighted by molar-refractivity contribution is 6.06. The van der Waals surface area contributed by atoms with Crippen LogP contribution in [0.3, 0.4) is 0 Å². The molecule has 1 atom stereocenters. The zero-order valence-electron chi connectivity index (χ0n) is 16.9. The summed E-state index contributed by atoms with van der Waals surface area (Å²) in [5.41, 5.74) is 3.24. The molecule has 3 aromatic rings. The van der Waals surface area contributed by atoms with E-state index < -0.39 is 25.0 Å². The molecule has 1 heterocycles. The lowest BCUT2D eigenvalue weighted by atomic mass is 9.84. The first-order valence-electron chi connectivity index (χ1n) is 10.1. The van der Waals surface area contributed by atoms with Gasteiger partial charge in [0.2, 0.25) is 0 Å². The molecule has 0 radical (unpaired) electrons. The van der Waals surface area contributed by atoms with Crippen molar-refractivity contribution < 1.29 is 27.8 Å². The lowest BCUT2D eigenvalue weighted by molar-refractivity contribution is -0.0498. The van der Waals surface area contributed by atoms with Gasteiger partial charge in [-0.05, 0) is 61.1 Å². The van der Waals surface area contributed by atoms with E-state index in [0.29, 0.717) is 16.9 Å². The molecule has 1 aliphatic rings. The Morgan fingerprint density at radius 1 is 1.13 bits per heavy atom. The van der Waals surface area contributed by atoms with Gasteiger partial charge in [0.25, 0.3) is 0 Å². The molecule has 1 unspecified atom stereocenters. The number of ether oxygens (including phenoxy) is 2. The largest absolute Gasteiger partial charge is 0.454 e. The van der Waals surface area contributed by atoms with Gasteiger partial charge in [-0.3, -0.25) is 9.78 Å². The standard InChI is InChI=1S/C24H21F2NO4/c1-14-6-11-20-18(12-14)22(17-4-2-3-5-19(17)27-20)23(29)30-13-21(28)15-7-9-16(10-8-15)31-24(25)26/h2-5,7-10,14,24H,6,11-13H2,1H3. The maximum Gasteiger partial charge on any atom is 0.387 e. The highest BCUT2D eigenvalue weighted by Gasteiger charge is 2.26. The number of para-hydroxylation sites is 1. The molecular weight excluding hydrogens is 404 g/mol. The Bertz CT molecular complexity index is 1130. The van der Waals surface area contributed by atoms with Gasteiger partial charge in [0, 0.05) is 16.6 Å². The molecule has 0 amide bonds. The van der Waals surface area contributed by atoms with Crippen LogP contribution in [0.5, 0.6) is 5.75 Å². The number of benzene rings is 2. The SMILES string of the molecule is CC1CCc2nc3ccccc3c(C(=O)OCC(=O)c3ccc(OC(F)F)cc3)c2C1. The van der Waals surface area contributed by atoms with E-state index >= 15 is 0 Å². The molecular formula is C24H21F2NO4. The number of fused-ring (bicyclic) bond motifs is 2. The minimum absolute atomic E-state index is 0.0486. The lowest BCUT2D eigenvalue weighted by Crippen LogP contribution is -2.21. The molecule has 1 aliphatic carbocycles. The summed E-state index contributed by atoms with van der Waals surface area (Å²) in [7, 11) is 0. The number of halogens is 2. The maximum atomic E-state index is 13.0. The Morgan fingerprint density at radius 2 is 1.87 bits per heavy atom. The fourth-order valence-corrected chi connectivity index (χ4v) is 3.90. The molecule has 5 nitrogen and oxygen atoms in total. The van der Waals surface area contributed by atoms with Crippen LogP contribution < -0.4 is 4.74 Å². The molecule has 0 aliphatic heterocycles. The van der Waals surface area contributed by atoms with E-state index in [1.807, 2.05) is 24.3 Å². The fourth-order valence-electron chi connectivity index (χ4n) is 3.90. The summed E-state index contributed by atoms with van der Waals surface area (Å²) >= 11 is 0. The zero-order chi connectivity index (χ0) is 22.0. The first kappa shape index (κ1) is 20.9. The molecule has 4 rings (SSSR count). The Hall–Kier alpha value is -3.35. The van der Waals surface area contributed by atoms with Crippen LogP contribution in [0.25, 0.3) is 10.9 Å². The average Bonchev–Trinajstić information content (AvgIpc) is 2.75. The number of Topliss-reactive ketones (excluding diaryl/α,β-unsaturated/α-hetero) is 1. The van der Waals surface area contributed by atoms with Crippen molar-refractivity contribution in [1.29, 1.82) is 0 Å². The van der Waals surface area contributed by atoms with Gasteiger partial charge in [0.05, 0.1) is 11.1 Å². The number of esters is 1. The van der Waals surface area contributed by atoms with Crippen LogP contribution in [0.2, 0.25) is 0 Å². The van der Waals surface area contributed by atoms with Crippen LogP contribution in [0.15, 0.2) is 48.5 Å². The molecule has 0 N–H and O–H groups in total. The van der Waals surface area contributed by atoms with E-state index in [1.54, 1.807) is 0 Å². The molecule has 31 heavy (non-hydrogen) atoms. The highest BCUT2D eigenvalue weighted by Crippen LogP contribution is 2.32. The quantitative estimate of drug-likeness (QED) is 0.411.